The van der Waals surface area contributed by atoms with E-state index >= 15 is 0 Å². The minimum Gasteiger partial charge on any atom is -0.491 e. The third-order valence-electron chi connectivity index (χ3n) is 3.98. The van der Waals surface area contributed by atoms with Crippen LogP contribution >= 0.6 is 0 Å². The molecule has 0 saturated carbocycles. The zero-order valence-electron chi connectivity index (χ0n) is 12.4. The number of ether oxygens (including phenoxy) is 1. The van der Waals surface area contributed by atoms with Crippen LogP contribution in [0.2, 0.25) is 0 Å². The van der Waals surface area contributed by atoms with Gasteiger partial charge in [0.25, 0.3) is 0 Å². The molecule has 1 aliphatic heterocycles. The molecular weight excluding hydrogens is 238 g/mol. The van der Waals surface area contributed by atoms with Crippen LogP contribution in [0.4, 0.5) is 0 Å². The lowest BCUT2D eigenvalue weighted by atomic mass is 9.77. The Bertz CT molecular complexity index is 433. The number of benzene rings is 1. The minimum atomic E-state index is -0.733. The van der Waals surface area contributed by atoms with Crippen molar-refractivity contribution in [2.24, 2.45) is 5.92 Å². The molecule has 1 aromatic rings. The van der Waals surface area contributed by atoms with Crippen LogP contribution in [0, 0.1) is 5.92 Å². The molecule has 1 aliphatic rings. The molecule has 0 bridgehead atoms. The van der Waals surface area contributed by atoms with E-state index in [-0.39, 0.29) is 12.0 Å². The van der Waals surface area contributed by atoms with Crippen molar-refractivity contribution in [3.05, 3.63) is 29.8 Å². The van der Waals surface area contributed by atoms with Crippen LogP contribution in [0.25, 0.3) is 0 Å². The summed E-state index contributed by atoms with van der Waals surface area (Å²) >= 11 is 0. The SMILES string of the molecule is CC(C)Oc1cccc([C@]2(O)CCN(C)C[C@@H]2C)c1. The molecule has 19 heavy (non-hydrogen) atoms. The van der Waals surface area contributed by atoms with Crippen molar-refractivity contribution in [2.75, 3.05) is 20.1 Å². The van der Waals surface area contributed by atoms with Crippen LogP contribution in [0.3, 0.4) is 0 Å². The van der Waals surface area contributed by atoms with Gasteiger partial charge in [-0.15, -0.1) is 0 Å². The lowest BCUT2D eigenvalue weighted by Gasteiger charge is -2.42. The monoisotopic (exact) mass is 263 g/mol. The predicted molar refractivity (Wildman–Crippen MR) is 77.4 cm³/mol. The Balaban J connectivity index is 2.25. The number of piperidine rings is 1. The molecule has 0 amide bonds. The molecule has 1 saturated heterocycles. The summed E-state index contributed by atoms with van der Waals surface area (Å²) in [6.07, 6.45) is 0.926. The Morgan fingerprint density at radius 2 is 2.16 bits per heavy atom. The molecule has 0 aromatic heterocycles. The van der Waals surface area contributed by atoms with Gasteiger partial charge in [-0.05, 0) is 45.0 Å². The fourth-order valence-electron chi connectivity index (χ4n) is 2.86. The van der Waals surface area contributed by atoms with E-state index in [2.05, 4.69) is 18.9 Å². The van der Waals surface area contributed by atoms with Crippen molar-refractivity contribution < 1.29 is 9.84 Å². The fraction of sp³-hybridized carbons (Fsp3) is 0.625. The van der Waals surface area contributed by atoms with Crippen molar-refractivity contribution in [1.29, 1.82) is 0 Å². The minimum absolute atomic E-state index is 0.153. The van der Waals surface area contributed by atoms with Gasteiger partial charge in [0, 0.05) is 19.0 Å². The normalized spacial score (nSPS) is 28.6. The first kappa shape index (κ1) is 14.4. The number of nitrogens with zero attached hydrogens (tertiary/aromatic N) is 1. The van der Waals surface area contributed by atoms with E-state index in [0.29, 0.717) is 0 Å². The van der Waals surface area contributed by atoms with E-state index in [4.69, 9.17) is 4.74 Å². The first-order valence-corrected chi connectivity index (χ1v) is 7.10. The van der Waals surface area contributed by atoms with Gasteiger partial charge in [-0.2, -0.15) is 0 Å². The standard InChI is InChI=1S/C16H25NO2/c1-12(2)19-15-7-5-6-14(10-15)16(18)8-9-17(4)11-13(16)3/h5-7,10,12-13,18H,8-9,11H2,1-4H3/t13-,16-/m0/s1. The molecule has 106 valence electrons. The highest BCUT2D eigenvalue weighted by molar-refractivity contribution is 5.33. The summed E-state index contributed by atoms with van der Waals surface area (Å²) in [5, 5.41) is 11.0. The number of likely N-dealkylation sites (tertiary alicyclic amines) is 1. The summed E-state index contributed by atoms with van der Waals surface area (Å²) in [6, 6.07) is 7.92. The van der Waals surface area contributed by atoms with E-state index in [0.717, 1.165) is 30.8 Å². The highest BCUT2D eigenvalue weighted by Crippen LogP contribution is 2.38. The molecule has 3 heteroatoms. The van der Waals surface area contributed by atoms with Gasteiger partial charge < -0.3 is 14.7 Å². The quantitative estimate of drug-likeness (QED) is 0.910. The van der Waals surface area contributed by atoms with Gasteiger partial charge in [0.05, 0.1) is 11.7 Å². The maximum atomic E-state index is 11.0. The fourth-order valence-corrected chi connectivity index (χ4v) is 2.86. The average Bonchev–Trinajstić information content (AvgIpc) is 2.34. The molecule has 1 N–H and O–H groups in total. The van der Waals surface area contributed by atoms with Crippen molar-refractivity contribution in [3.8, 4) is 5.75 Å². The largest absolute Gasteiger partial charge is 0.491 e. The molecular formula is C16H25NO2. The maximum absolute atomic E-state index is 11.0. The van der Waals surface area contributed by atoms with Gasteiger partial charge in [-0.3, -0.25) is 0 Å². The van der Waals surface area contributed by atoms with Crippen molar-refractivity contribution in [3.63, 3.8) is 0 Å². The van der Waals surface area contributed by atoms with Crippen LogP contribution in [0.15, 0.2) is 24.3 Å². The number of hydrogen-bond donors (Lipinski definition) is 1. The van der Waals surface area contributed by atoms with Gasteiger partial charge in [-0.1, -0.05) is 19.1 Å². The molecule has 2 rings (SSSR count). The second-order valence-corrected chi connectivity index (χ2v) is 6.03. The van der Waals surface area contributed by atoms with Crippen molar-refractivity contribution in [2.45, 2.75) is 38.9 Å². The smallest absolute Gasteiger partial charge is 0.120 e. The van der Waals surface area contributed by atoms with E-state index < -0.39 is 5.60 Å². The Morgan fingerprint density at radius 1 is 1.42 bits per heavy atom. The summed E-state index contributed by atoms with van der Waals surface area (Å²) in [6.45, 7) is 7.99. The molecule has 3 nitrogen and oxygen atoms in total. The van der Waals surface area contributed by atoms with Crippen LogP contribution in [0.5, 0.6) is 5.75 Å². The predicted octanol–water partition coefficient (Wildman–Crippen LogP) is 2.63. The lowest BCUT2D eigenvalue weighted by Crippen LogP contribution is -2.47. The third kappa shape index (κ3) is 3.10. The topological polar surface area (TPSA) is 32.7 Å². The second-order valence-electron chi connectivity index (χ2n) is 6.03. The zero-order chi connectivity index (χ0) is 14.0. The zero-order valence-corrected chi connectivity index (χ0v) is 12.4. The van der Waals surface area contributed by atoms with Crippen molar-refractivity contribution >= 4 is 0 Å². The first-order valence-electron chi connectivity index (χ1n) is 7.10. The molecule has 0 aliphatic carbocycles. The molecule has 0 unspecified atom stereocenters. The third-order valence-corrected chi connectivity index (χ3v) is 3.98. The maximum Gasteiger partial charge on any atom is 0.120 e. The molecule has 0 spiro atoms. The number of hydrogen-bond acceptors (Lipinski definition) is 3. The molecule has 1 fully saturated rings. The molecule has 1 aromatic carbocycles. The van der Waals surface area contributed by atoms with Gasteiger partial charge in [0.1, 0.15) is 5.75 Å². The first-order chi connectivity index (χ1) is 8.91. The molecule has 0 radical (unpaired) electrons. The lowest BCUT2D eigenvalue weighted by molar-refractivity contribution is -0.0661. The van der Waals surface area contributed by atoms with E-state index in [9.17, 15) is 5.11 Å². The van der Waals surface area contributed by atoms with Crippen LogP contribution < -0.4 is 4.74 Å². The Labute approximate surface area is 116 Å². The van der Waals surface area contributed by atoms with Crippen molar-refractivity contribution in [1.82, 2.24) is 4.90 Å². The average molecular weight is 263 g/mol. The second kappa shape index (κ2) is 5.51. The van der Waals surface area contributed by atoms with Crippen LogP contribution in [0.1, 0.15) is 32.8 Å². The number of aliphatic hydroxyl groups is 1. The summed E-state index contributed by atoms with van der Waals surface area (Å²) in [7, 11) is 2.11. The summed E-state index contributed by atoms with van der Waals surface area (Å²) in [5.41, 5.74) is 0.245. The highest BCUT2D eigenvalue weighted by atomic mass is 16.5. The summed E-state index contributed by atoms with van der Waals surface area (Å²) in [4.78, 5) is 2.27. The Morgan fingerprint density at radius 3 is 2.79 bits per heavy atom. The van der Waals surface area contributed by atoms with Gasteiger partial charge in [0.2, 0.25) is 0 Å². The van der Waals surface area contributed by atoms with E-state index in [1.807, 2.05) is 38.1 Å². The Kier molecular flexibility index (Phi) is 4.16. The Hall–Kier alpha value is -1.06. The van der Waals surface area contributed by atoms with Gasteiger partial charge in [0.15, 0.2) is 0 Å². The molecule has 2 atom stereocenters. The summed E-state index contributed by atoms with van der Waals surface area (Å²) < 4.78 is 5.73. The number of rotatable bonds is 3. The van der Waals surface area contributed by atoms with Gasteiger partial charge in [-0.25, -0.2) is 0 Å². The van der Waals surface area contributed by atoms with Crippen LogP contribution in [-0.2, 0) is 5.60 Å². The van der Waals surface area contributed by atoms with E-state index in [1.54, 1.807) is 0 Å². The van der Waals surface area contributed by atoms with Gasteiger partial charge >= 0.3 is 0 Å². The highest BCUT2D eigenvalue weighted by Gasteiger charge is 2.39. The molecule has 1 heterocycles. The van der Waals surface area contributed by atoms with Crippen LogP contribution in [-0.4, -0.2) is 36.2 Å². The van der Waals surface area contributed by atoms with E-state index in [1.165, 1.54) is 0 Å². The summed E-state index contributed by atoms with van der Waals surface area (Å²) in [5.74, 6) is 1.06.